The molecule has 0 aromatic carbocycles. The molecule has 1 aliphatic carbocycles. The third-order valence-electron chi connectivity index (χ3n) is 2.78. The topological polar surface area (TPSA) is 41.1 Å². The number of amides is 1. The standard InChI is InChI=1S/C12H24N2O/c1-3-4-5-6-10(2)14-12(15)9-13-11-7-8-11/h10-11,13H,3-9H2,1-2H3,(H,14,15). The van der Waals surface area contributed by atoms with Crippen molar-refractivity contribution in [3.63, 3.8) is 0 Å². The van der Waals surface area contributed by atoms with Crippen LogP contribution in [0.2, 0.25) is 0 Å². The van der Waals surface area contributed by atoms with Gasteiger partial charge >= 0.3 is 0 Å². The van der Waals surface area contributed by atoms with Gasteiger partial charge in [-0.1, -0.05) is 26.2 Å². The summed E-state index contributed by atoms with van der Waals surface area (Å²) in [6.07, 6.45) is 7.29. The highest BCUT2D eigenvalue weighted by Crippen LogP contribution is 2.17. The van der Waals surface area contributed by atoms with Gasteiger partial charge < -0.3 is 10.6 Å². The maximum absolute atomic E-state index is 11.4. The number of rotatable bonds is 8. The number of hydrogen-bond acceptors (Lipinski definition) is 2. The van der Waals surface area contributed by atoms with Gasteiger partial charge in [-0.15, -0.1) is 0 Å². The molecule has 0 aliphatic heterocycles. The smallest absolute Gasteiger partial charge is 0.234 e. The molecule has 0 aromatic rings. The van der Waals surface area contributed by atoms with Gasteiger partial charge in [0.25, 0.3) is 0 Å². The third kappa shape index (κ3) is 6.50. The van der Waals surface area contributed by atoms with E-state index in [9.17, 15) is 4.79 Å². The molecule has 0 radical (unpaired) electrons. The molecule has 2 N–H and O–H groups in total. The van der Waals surface area contributed by atoms with Gasteiger partial charge in [0.1, 0.15) is 0 Å². The summed E-state index contributed by atoms with van der Waals surface area (Å²) >= 11 is 0. The molecule has 0 saturated heterocycles. The van der Waals surface area contributed by atoms with Crippen molar-refractivity contribution < 1.29 is 4.79 Å². The van der Waals surface area contributed by atoms with Crippen LogP contribution in [0.3, 0.4) is 0 Å². The van der Waals surface area contributed by atoms with Crippen LogP contribution in [0.15, 0.2) is 0 Å². The van der Waals surface area contributed by atoms with E-state index in [-0.39, 0.29) is 5.91 Å². The molecular formula is C12H24N2O. The summed E-state index contributed by atoms with van der Waals surface area (Å²) in [7, 11) is 0. The maximum atomic E-state index is 11.4. The number of carbonyl (C=O) groups excluding carboxylic acids is 1. The van der Waals surface area contributed by atoms with Crippen LogP contribution in [0, 0.1) is 0 Å². The molecule has 0 spiro atoms. The minimum atomic E-state index is 0.144. The van der Waals surface area contributed by atoms with Gasteiger partial charge in [0, 0.05) is 12.1 Å². The van der Waals surface area contributed by atoms with E-state index in [0.29, 0.717) is 18.6 Å². The van der Waals surface area contributed by atoms with Crippen molar-refractivity contribution in [2.24, 2.45) is 0 Å². The lowest BCUT2D eigenvalue weighted by Gasteiger charge is -2.13. The van der Waals surface area contributed by atoms with E-state index in [1.807, 2.05) is 0 Å². The lowest BCUT2D eigenvalue weighted by Crippen LogP contribution is -2.39. The van der Waals surface area contributed by atoms with Crippen molar-refractivity contribution in [3.05, 3.63) is 0 Å². The number of hydrogen-bond donors (Lipinski definition) is 2. The minimum absolute atomic E-state index is 0.144. The SMILES string of the molecule is CCCCCC(C)NC(=O)CNC1CC1. The summed E-state index contributed by atoms with van der Waals surface area (Å²) in [5, 5.41) is 6.24. The van der Waals surface area contributed by atoms with Crippen molar-refractivity contribution in [1.82, 2.24) is 10.6 Å². The Labute approximate surface area is 93.0 Å². The highest BCUT2D eigenvalue weighted by atomic mass is 16.1. The van der Waals surface area contributed by atoms with Crippen molar-refractivity contribution in [2.45, 2.75) is 64.5 Å². The Hall–Kier alpha value is -0.570. The molecule has 1 amide bonds. The molecule has 88 valence electrons. The predicted octanol–water partition coefficient (Wildman–Crippen LogP) is 1.82. The Balaban J connectivity index is 1.96. The fourth-order valence-corrected chi connectivity index (χ4v) is 1.62. The van der Waals surface area contributed by atoms with Crippen LogP contribution >= 0.6 is 0 Å². The third-order valence-corrected chi connectivity index (χ3v) is 2.78. The number of unbranched alkanes of at least 4 members (excludes halogenated alkanes) is 2. The van der Waals surface area contributed by atoms with Gasteiger partial charge in [0.2, 0.25) is 5.91 Å². The van der Waals surface area contributed by atoms with Gasteiger partial charge in [-0.3, -0.25) is 4.79 Å². The predicted molar refractivity (Wildman–Crippen MR) is 62.8 cm³/mol. The van der Waals surface area contributed by atoms with Gasteiger partial charge in [-0.25, -0.2) is 0 Å². The van der Waals surface area contributed by atoms with E-state index in [1.54, 1.807) is 0 Å². The van der Waals surface area contributed by atoms with E-state index in [0.717, 1.165) is 6.42 Å². The molecule has 1 atom stereocenters. The Morgan fingerprint density at radius 2 is 2.13 bits per heavy atom. The Bertz CT molecular complexity index is 190. The second kappa shape index (κ2) is 6.83. The van der Waals surface area contributed by atoms with Crippen LogP contribution < -0.4 is 10.6 Å². The van der Waals surface area contributed by atoms with Crippen LogP contribution in [-0.2, 0) is 4.79 Å². The van der Waals surface area contributed by atoms with Crippen molar-refractivity contribution in [1.29, 1.82) is 0 Å². The van der Waals surface area contributed by atoms with E-state index < -0.39 is 0 Å². The minimum Gasteiger partial charge on any atom is -0.353 e. The van der Waals surface area contributed by atoms with E-state index in [2.05, 4.69) is 24.5 Å². The maximum Gasteiger partial charge on any atom is 0.234 e. The second-order valence-corrected chi connectivity index (χ2v) is 4.62. The fourth-order valence-electron chi connectivity index (χ4n) is 1.62. The molecule has 15 heavy (non-hydrogen) atoms. The largest absolute Gasteiger partial charge is 0.353 e. The summed E-state index contributed by atoms with van der Waals surface area (Å²) in [6.45, 7) is 4.77. The zero-order valence-corrected chi connectivity index (χ0v) is 10.0. The molecule has 0 aromatic heterocycles. The Kier molecular flexibility index (Phi) is 5.69. The molecule has 0 heterocycles. The summed E-state index contributed by atoms with van der Waals surface area (Å²) in [6, 6.07) is 0.941. The average molecular weight is 212 g/mol. The monoisotopic (exact) mass is 212 g/mol. The molecule has 3 heteroatoms. The van der Waals surface area contributed by atoms with Crippen LogP contribution in [0.1, 0.15) is 52.4 Å². The lowest BCUT2D eigenvalue weighted by molar-refractivity contribution is -0.120. The van der Waals surface area contributed by atoms with Gasteiger partial charge in [-0.2, -0.15) is 0 Å². The van der Waals surface area contributed by atoms with Crippen LogP contribution in [0.4, 0.5) is 0 Å². The van der Waals surface area contributed by atoms with Gasteiger partial charge in [0.15, 0.2) is 0 Å². The first kappa shape index (κ1) is 12.5. The molecule has 1 rings (SSSR count). The first-order chi connectivity index (χ1) is 7.22. The van der Waals surface area contributed by atoms with E-state index in [4.69, 9.17) is 0 Å². The zero-order chi connectivity index (χ0) is 11.1. The van der Waals surface area contributed by atoms with Gasteiger partial charge in [0.05, 0.1) is 6.54 Å². The highest BCUT2D eigenvalue weighted by molar-refractivity contribution is 5.78. The molecule has 0 bridgehead atoms. The van der Waals surface area contributed by atoms with Crippen LogP contribution in [0.25, 0.3) is 0 Å². The Morgan fingerprint density at radius 3 is 2.73 bits per heavy atom. The fraction of sp³-hybridized carbons (Fsp3) is 0.917. The summed E-state index contributed by atoms with van der Waals surface area (Å²) in [5.74, 6) is 0.144. The van der Waals surface area contributed by atoms with Crippen molar-refractivity contribution >= 4 is 5.91 Å². The van der Waals surface area contributed by atoms with Gasteiger partial charge in [-0.05, 0) is 26.2 Å². The van der Waals surface area contributed by atoms with Crippen LogP contribution in [-0.4, -0.2) is 24.5 Å². The lowest BCUT2D eigenvalue weighted by atomic mass is 10.1. The quantitative estimate of drug-likeness (QED) is 0.603. The number of nitrogens with one attached hydrogen (secondary N) is 2. The summed E-state index contributed by atoms with van der Waals surface area (Å²) in [5.41, 5.74) is 0. The highest BCUT2D eigenvalue weighted by Gasteiger charge is 2.21. The normalized spacial score (nSPS) is 17.5. The average Bonchev–Trinajstić information content (AvgIpc) is 2.98. The molecule has 1 fully saturated rings. The van der Waals surface area contributed by atoms with Crippen molar-refractivity contribution in [3.8, 4) is 0 Å². The summed E-state index contributed by atoms with van der Waals surface area (Å²) < 4.78 is 0. The second-order valence-electron chi connectivity index (χ2n) is 4.62. The van der Waals surface area contributed by atoms with E-state index >= 15 is 0 Å². The molecule has 3 nitrogen and oxygen atoms in total. The zero-order valence-electron chi connectivity index (χ0n) is 10.0. The van der Waals surface area contributed by atoms with E-state index in [1.165, 1.54) is 32.1 Å². The van der Waals surface area contributed by atoms with Crippen LogP contribution in [0.5, 0.6) is 0 Å². The first-order valence-corrected chi connectivity index (χ1v) is 6.25. The molecule has 1 aliphatic rings. The number of carbonyl (C=O) groups is 1. The Morgan fingerprint density at radius 1 is 1.40 bits per heavy atom. The molecule has 1 unspecified atom stereocenters. The molecule has 1 saturated carbocycles. The first-order valence-electron chi connectivity index (χ1n) is 6.25. The summed E-state index contributed by atoms with van der Waals surface area (Å²) in [4.78, 5) is 11.4. The van der Waals surface area contributed by atoms with Crippen molar-refractivity contribution in [2.75, 3.05) is 6.54 Å². The molecular weight excluding hydrogens is 188 g/mol.